The molecule has 0 aromatic heterocycles. The molecule has 1 unspecified atom stereocenters. The second kappa shape index (κ2) is 3.58. The van der Waals surface area contributed by atoms with Crippen LogP contribution in [-0.2, 0) is 9.59 Å². The Bertz CT molecular complexity index is 425. The van der Waals surface area contributed by atoms with Gasteiger partial charge in [-0.25, -0.2) is 0 Å². The zero-order chi connectivity index (χ0) is 11.9. The van der Waals surface area contributed by atoms with Crippen LogP contribution in [0.5, 0.6) is 0 Å². The summed E-state index contributed by atoms with van der Waals surface area (Å²) >= 11 is 0. The topological polar surface area (TPSA) is 46.2 Å². The number of carbonyl (C=O) groups excluding carboxylic acids is 2. The van der Waals surface area contributed by atoms with Gasteiger partial charge in [0, 0.05) is 1.43 Å². The Morgan fingerprint density at radius 2 is 2.19 bits per heavy atom. The molecule has 88 valence electrons. The molecule has 2 atom stereocenters. The second-order valence-corrected chi connectivity index (χ2v) is 4.76. The molecule has 3 nitrogen and oxygen atoms in total. The molecule has 16 heavy (non-hydrogen) atoms. The van der Waals surface area contributed by atoms with E-state index >= 15 is 0 Å². The Balaban J connectivity index is 0.00000144. The Morgan fingerprint density at radius 3 is 2.62 bits per heavy atom. The molecule has 2 amide bonds. The molecule has 1 aliphatic carbocycles. The van der Waals surface area contributed by atoms with Gasteiger partial charge in [0.05, 0.1) is 11.3 Å². The monoisotopic (exact) mass is 221 g/mol. The van der Waals surface area contributed by atoms with Crippen LogP contribution >= 0.6 is 0 Å². The summed E-state index contributed by atoms with van der Waals surface area (Å²) < 4.78 is 0. The lowest BCUT2D eigenvalue weighted by atomic mass is 9.94. The van der Waals surface area contributed by atoms with E-state index in [0.717, 1.165) is 12.0 Å². The third kappa shape index (κ3) is 1.42. The number of nitrogens with one attached hydrogen (secondary N) is 1. The van der Waals surface area contributed by atoms with Gasteiger partial charge in [0.2, 0.25) is 11.8 Å². The van der Waals surface area contributed by atoms with Crippen molar-refractivity contribution in [1.29, 1.82) is 0 Å². The van der Waals surface area contributed by atoms with E-state index in [1.54, 1.807) is 0 Å². The molecule has 1 saturated heterocycles. The first-order valence-corrected chi connectivity index (χ1v) is 5.72. The lowest BCUT2D eigenvalue weighted by molar-refractivity contribution is -0.128. The summed E-state index contributed by atoms with van der Waals surface area (Å²) in [5, 5.41) is 2.40. The highest BCUT2D eigenvalue weighted by Gasteiger charge is 2.69. The van der Waals surface area contributed by atoms with Crippen molar-refractivity contribution in [2.75, 3.05) is 0 Å². The van der Waals surface area contributed by atoms with E-state index in [0.29, 0.717) is 6.42 Å². The highest BCUT2D eigenvalue weighted by molar-refractivity contribution is 6.13. The number of hydrogen-bond donors (Lipinski definition) is 1. The normalized spacial score (nSPS) is 33.8. The van der Waals surface area contributed by atoms with Crippen molar-refractivity contribution >= 4 is 11.8 Å². The first kappa shape index (κ1) is 11.1. The van der Waals surface area contributed by atoms with Gasteiger partial charge in [-0.15, -0.1) is 0 Å². The van der Waals surface area contributed by atoms with Crippen LogP contribution in [0, 0.1) is 11.3 Å². The molecule has 1 saturated carbocycles. The molecule has 0 aromatic carbocycles. The van der Waals surface area contributed by atoms with Crippen LogP contribution in [0.1, 0.15) is 35.0 Å². The van der Waals surface area contributed by atoms with Crippen molar-refractivity contribution in [2.24, 2.45) is 11.3 Å². The molecule has 2 aliphatic rings. The van der Waals surface area contributed by atoms with Crippen LogP contribution in [-0.4, -0.2) is 11.8 Å². The van der Waals surface area contributed by atoms with Crippen LogP contribution in [0.15, 0.2) is 23.3 Å². The summed E-state index contributed by atoms with van der Waals surface area (Å²) in [5.41, 5.74) is 1.79. The molecule has 0 radical (unpaired) electrons. The SMILES string of the molecule is CC/C(C)=C\C=C(/C)[C@@]12CC1C(=O)NC2=O.[HH]. The van der Waals surface area contributed by atoms with Crippen LogP contribution in [0.4, 0.5) is 0 Å². The lowest BCUT2D eigenvalue weighted by Crippen LogP contribution is -2.28. The molecule has 0 spiro atoms. The van der Waals surface area contributed by atoms with E-state index < -0.39 is 5.41 Å². The minimum Gasteiger partial charge on any atom is -0.295 e. The van der Waals surface area contributed by atoms with Crippen molar-refractivity contribution in [3.05, 3.63) is 23.3 Å². The summed E-state index contributed by atoms with van der Waals surface area (Å²) in [7, 11) is 0. The summed E-state index contributed by atoms with van der Waals surface area (Å²) in [4.78, 5) is 23.1. The van der Waals surface area contributed by atoms with Gasteiger partial charge in [0.1, 0.15) is 0 Å². The van der Waals surface area contributed by atoms with E-state index in [1.165, 1.54) is 5.57 Å². The predicted octanol–water partition coefficient (Wildman–Crippen LogP) is 2.20. The largest absolute Gasteiger partial charge is 0.295 e. The van der Waals surface area contributed by atoms with Gasteiger partial charge in [0.25, 0.3) is 0 Å². The maximum Gasteiger partial charge on any atom is 0.237 e. The smallest absolute Gasteiger partial charge is 0.237 e. The lowest BCUT2D eigenvalue weighted by Gasteiger charge is -2.09. The highest BCUT2D eigenvalue weighted by Crippen LogP contribution is 2.60. The maximum absolute atomic E-state index is 11.7. The van der Waals surface area contributed by atoms with Crippen LogP contribution in [0.25, 0.3) is 0 Å². The fraction of sp³-hybridized carbons (Fsp3) is 0.538. The molecule has 2 rings (SSSR count). The number of allylic oxidation sites excluding steroid dienone is 3. The Kier molecular flexibility index (Phi) is 2.49. The van der Waals surface area contributed by atoms with Gasteiger partial charge in [-0.3, -0.25) is 14.9 Å². The molecule has 1 N–H and O–H groups in total. The first-order chi connectivity index (χ1) is 7.52. The molecule has 0 aromatic rings. The van der Waals surface area contributed by atoms with E-state index in [2.05, 4.69) is 19.2 Å². The van der Waals surface area contributed by atoms with Gasteiger partial charge >= 0.3 is 0 Å². The van der Waals surface area contributed by atoms with Crippen molar-refractivity contribution in [3.63, 3.8) is 0 Å². The number of hydrogen-bond acceptors (Lipinski definition) is 2. The molecule has 1 heterocycles. The highest BCUT2D eigenvalue weighted by atomic mass is 16.2. The third-order valence-electron chi connectivity index (χ3n) is 3.80. The first-order valence-electron chi connectivity index (χ1n) is 5.72. The fourth-order valence-corrected chi connectivity index (χ4v) is 2.29. The van der Waals surface area contributed by atoms with E-state index in [4.69, 9.17) is 0 Å². The van der Waals surface area contributed by atoms with Crippen molar-refractivity contribution in [3.8, 4) is 0 Å². The van der Waals surface area contributed by atoms with Gasteiger partial charge in [-0.1, -0.05) is 30.2 Å². The zero-order valence-corrected chi connectivity index (χ0v) is 9.96. The fourth-order valence-electron chi connectivity index (χ4n) is 2.29. The van der Waals surface area contributed by atoms with Gasteiger partial charge in [-0.2, -0.15) is 0 Å². The van der Waals surface area contributed by atoms with Crippen LogP contribution in [0.2, 0.25) is 0 Å². The molecule has 0 bridgehead atoms. The minimum atomic E-state index is -0.498. The van der Waals surface area contributed by atoms with E-state index in [1.807, 2.05) is 19.1 Å². The average Bonchev–Trinajstić information content (AvgIpc) is 2.96. The number of piperidine rings is 1. The molecule has 1 aliphatic heterocycles. The Hall–Kier alpha value is -1.38. The number of rotatable bonds is 3. The Labute approximate surface area is 97.1 Å². The van der Waals surface area contributed by atoms with E-state index in [-0.39, 0.29) is 19.2 Å². The third-order valence-corrected chi connectivity index (χ3v) is 3.80. The molecular formula is C13H19NO2. The van der Waals surface area contributed by atoms with Crippen LogP contribution < -0.4 is 5.32 Å². The molecule has 2 fully saturated rings. The van der Waals surface area contributed by atoms with Gasteiger partial charge in [-0.05, 0) is 26.7 Å². The number of amides is 2. The summed E-state index contributed by atoms with van der Waals surface area (Å²) in [5.74, 6) is -0.320. The number of imide groups is 1. The summed E-state index contributed by atoms with van der Waals surface area (Å²) in [6.45, 7) is 6.10. The van der Waals surface area contributed by atoms with Crippen molar-refractivity contribution < 1.29 is 11.0 Å². The van der Waals surface area contributed by atoms with Crippen molar-refractivity contribution in [2.45, 2.75) is 33.6 Å². The van der Waals surface area contributed by atoms with Crippen molar-refractivity contribution in [1.82, 2.24) is 5.32 Å². The maximum atomic E-state index is 11.7. The minimum absolute atomic E-state index is 0. The quantitative estimate of drug-likeness (QED) is 0.586. The van der Waals surface area contributed by atoms with Crippen LogP contribution in [0.3, 0.4) is 0 Å². The predicted molar refractivity (Wildman–Crippen MR) is 63.6 cm³/mol. The van der Waals surface area contributed by atoms with Gasteiger partial charge in [0.15, 0.2) is 0 Å². The summed E-state index contributed by atoms with van der Waals surface area (Å²) in [6, 6.07) is 0. The average molecular weight is 221 g/mol. The van der Waals surface area contributed by atoms with E-state index in [9.17, 15) is 9.59 Å². The number of fused-ring (bicyclic) bond motifs is 1. The Morgan fingerprint density at radius 1 is 1.50 bits per heavy atom. The standard InChI is InChI=1S/C13H17NO2.H2/c1-4-8(2)5-6-9(3)13-7-10(13)11(15)14-12(13)16;/h5-6,10H,4,7H2,1-3H3,(H,14,15,16);1H/b8-5-,9-6+;/t10?,13-;/m0./s1. The molecular weight excluding hydrogens is 202 g/mol. The summed E-state index contributed by atoms with van der Waals surface area (Å²) in [6.07, 6.45) is 5.72. The molecule has 3 heteroatoms. The second-order valence-electron chi connectivity index (χ2n) is 4.76. The van der Waals surface area contributed by atoms with Gasteiger partial charge < -0.3 is 0 Å². The number of carbonyl (C=O) groups is 2. The zero-order valence-electron chi connectivity index (χ0n) is 9.96.